The Bertz CT molecular complexity index is 145. The lowest BCUT2D eigenvalue weighted by atomic mass is 10.2. The van der Waals surface area contributed by atoms with Crippen LogP contribution in [0.25, 0.3) is 0 Å². The Morgan fingerprint density at radius 3 is 2.38 bits per heavy atom. The summed E-state index contributed by atoms with van der Waals surface area (Å²) in [4.78, 5) is 0. The molecule has 0 bridgehead atoms. The summed E-state index contributed by atoms with van der Waals surface area (Å²) in [5.41, 5.74) is 0. The molecule has 0 atom stereocenters. The van der Waals surface area contributed by atoms with Crippen molar-refractivity contribution in [1.82, 2.24) is 0 Å². The summed E-state index contributed by atoms with van der Waals surface area (Å²) in [6.07, 6.45) is 7.29. The van der Waals surface area contributed by atoms with Crippen molar-refractivity contribution in [3.05, 3.63) is 27.5 Å². The number of rotatable bonds is 0. The minimum absolute atomic E-state index is 1.03. The van der Waals surface area contributed by atoms with Crippen LogP contribution in [-0.4, -0.2) is 0 Å². The molecule has 0 aromatic rings. The van der Waals surface area contributed by atoms with Gasteiger partial charge >= 0.3 is 0 Å². The summed E-state index contributed by atoms with van der Waals surface area (Å²) in [5.74, 6) is 0. The highest BCUT2D eigenvalue weighted by Crippen LogP contribution is 2.23. The van der Waals surface area contributed by atoms with Gasteiger partial charge in [-0.3, -0.25) is 0 Å². The molecule has 0 heterocycles. The zero-order chi connectivity index (χ0) is 5.98. The maximum atomic E-state index is 3.36. The van der Waals surface area contributed by atoms with Gasteiger partial charge in [0.1, 0.15) is 0 Å². The molecule has 0 amide bonds. The number of hydrogen-bond donors (Lipinski definition) is 0. The molecule has 0 spiro atoms. The van der Waals surface area contributed by atoms with Gasteiger partial charge in [-0.2, -0.15) is 0 Å². The summed E-state index contributed by atoms with van der Waals surface area (Å²) < 4.78 is 2.32. The van der Waals surface area contributed by atoms with Crippen LogP contribution in [-0.2, 0) is 0 Å². The van der Waals surface area contributed by atoms with E-state index in [1.807, 2.05) is 6.08 Å². The highest BCUT2D eigenvalue weighted by atomic mass is 79.9. The Morgan fingerprint density at radius 2 is 2.00 bits per heavy atom. The first-order valence-corrected chi connectivity index (χ1v) is 3.94. The first-order valence-electron chi connectivity index (χ1n) is 2.35. The third-order valence-electron chi connectivity index (χ3n) is 0.901. The van der Waals surface area contributed by atoms with Gasteiger partial charge in [0.15, 0.2) is 0 Å². The zero-order valence-corrected chi connectivity index (χ0v) is 7.37. The van der Waals surface area contributed by atoms with E-state index < -0.39 is 0 Å². The second-order valence-corrected chi connectivity index (χ2v) is 3.39. The molecular formula is C6H5Br2. The Kier molecular flexibility index (Phi) is 2.32. The van der Waals surface area contributed by atoms with Crippen molar-refractivity contribution in [2.24, 2.45) is 0 Å². The molecule has 1 radical (unpaired) electrons. The third kappa shape index (κ3) is 1.75. The molecule has 0 saturated carbocycles. The van der Waals surface area contributed by atoms with Crippen molar-refractivity contribution in [2.75, 3.05) is 0 Å². The van der Waals surface area contributed by atoms with E-state index in [0.717, 1.165) is 15.4 Å². The largest absolute Gasteiger partial charge is 0.0696 e. The SMILES string of the molecule is BrC1=CC(Br)=CC[CH]1. The average molecular weight is 237 g/mol. The molecule has 0 nitrogen and oxygen atoms in total. The highest BCUT2D eigenvalue weighted by Gasteiger charge is 1.98. The van der Waals surface area contributed by atoms with Crippen molar-refractivity contribution >= 4 is 31.9 Å². The molecule has 8 heavy (non-hydrogen) atoms. The lowest BCUT2D eigenvalue weighted by molar-refractivity contribution is 1.25. The molecule has 0 aromatic carbocycles. The topological polar surface area (TPSA) is 0 Å². The lowest BCUT2D eigenvalue weighted by Gasteiger charge is -2.01. The summed E-state index contributed by atoms with van der Waals surface area (Å²) in [7, 11) is 0. The molecule has 0 aromatic heterocycles. The Morgan fingerprint density at radius 1 is 1.25 bits per heavy atom. The van der Waals surface area contributed by atoms with Gasteiger partial charge in [0.2, 0.25) is 0 Å². The molecule has 1 rings (SSSR count). The van der Waals surface area contributed by atoms with Crippen molar-refractivity contribution < 1.29 is 0 Å². The van der Waals surface area contributed by atoms with Crippen LogP contribution in [0.4, 0.5) is 0 Å². The van der Waals surface area contributed by atoms with Crippen LogP contribution in [0.1, 0.15) is 6.42 Å². The van der Waals surface area contributed by atoms with Crippen LogP contribution in [0.15, 0.2) is 21.1 Å². The van der Waals surface area contributed by atoms with E-state index in [4.69, 9.17) is 0 Å². The molecule has 0 aliphatic heterocycles. The van der Waals surface area contributed by atoms with Gasteiger partial charge in [-0.05, 0) is 12.5 Å². The summed E-state index contributed by atoms with van der Waals surface area (Å²) in [5, 5.41) is 0. The monoisotopic (exact) mass is 235 g/mol. The molecule has 0 saturated heterocycles. The van der Waals surface area contributed by atoms with E-state index in [0.29, 0.717) is 0 Å². The van der Waals surface area contributed by atoms with E-state index in [9.17, 15) is 0 Å². The van der Waals surface area contributed by atoms with E-state index in [-0.39, 0.29) is 0 Å². The van der Waals surface area contributed by atoms with Crippen molar-refractivity contribution in [2.45, 2.75) is 6.42 Å². The van der Waals surface area contributed by atoms with E-state index in [2.05, 4.69) is 44.4 Å². The summed E-state index contributed by atoms with van der Waals surface area (Å²) in [6, 6.07) is 0. The fourth-order valence-electron chi connectivity index (χ4n) is 0.534. The Hall–Kier alpha value is 0.440. The number of halogens is 2. The Labute approximate surface area is 65.9 Å². The normalized spacial score (nSPS) is 19.8. The van der Waals surface area contributed by atoms with Gasteiger partial charge in [0.05, 0.1) is 0 Å². The predicted octanol–water partition coefficient (Wildman–Crippen LogP) is 3.15. The standard InChI is InChI=1S/C6H5Br2/c7-5-2-1-3-6(8)4-5/h2-4H,1H2. The summed E-state index contributed by atoms with van der Waals surface area (Å²) in [6.45, 7) is 0. The lowest BCUT2D eigenvalue weighted by Crippen LogP contribution is -1.80. The summed E-state index contributed by atoms with van der Waals surface area (Å²) >= 11 is 6.73. The highest BCUT2D eigenvalue weighted by molar-refractivity contribution is 9.12. The quantitative estimate of drug-likeness (QED) is 0.606. The Balaban J connectivity index is 2.69. The minimum Gasteiger partial charge on any atom is -0.0696 e. The van der Waals surface area contributed by atoms with Gasteiger partial charge < -0.3 is 0 Å². The molecule has 0 fully saturated rings. The molecule has 2 heteroatoms. The van der Waals surface area contributed by atoms with Crippen LogP contribution in [0.3, 0.4) is 0 Å². The fourth-order valence-corrected chi connectivity index (χ4v) is 1.71. The maximum Gasteiger partial charge on any atom is 0.0143 e. The smallest absolute Gasteiger partial charge is 0.0143 e. The van der Waals surface area contributed by atoms with Crippen molar-refractivity contribution in [1.29, 1.82) is 0 Å². The van der Waals surface area contributed by atoms with Crippen LogP contribution < -0.4 is 0 Å². The minimum atomic E-state index is 1.03. The van der Waals surface area contributed by atoms with E-state index >= 15 is 0 Å². The van der Waals surface area contributed by atoms with Gasteiger partial charge in [0.25, 0.3) is 0 Å². The van der Waals surface area contributed by atoms with Crippen molar-refractivity contribution in [3.8, 4) is 0 Å². The molecule has 1 aliphatic rings. The molecule has 1 aliphatic carbocycles. The van der Waals surface area contributed by atoms with Gasteiger partial charge in [-0.1, -0.05) is 37.9 Å². The van der Waals surface area contributed by atoms with Crippen LogP contribution in [0.2, 0.25) is 0 Å². The number of hydrogen-bond acceptors (Lipinski definition) is 0. The van der Waals surface area contributed by atoms with Crippen LogP contribution in [0.5, 0.6) is 0 Å². The maximum absolute atomic E-state index is 3.36. The van der Waals surface area contributed by atoms with Crippen LogP contribution in [0, 0.1) is 6.42 Å². The predicted molar refractivity (Wildman–Crippen MR) is 42.9 cm³/mol. The average Bonchev–Trinajstić information content (AvgIpc) is 1.64. The second-order valence-electron chi connectivity index (χ2n) is 1.56. The van der Waals surface area contributed by atoms with Crippen LogP contribution >= 0.6 is 31.9 Å². The molecule has 0 N–H and O–H groups in total. The second kappa shape index (κ2) is 2.83. The number of allylic oxidation sites excluding steroid dienone is 4. The van der Waals surface area contributed by atoms with Gasteiger partial charge in [-0.15, -0.1) is 0 Å². The molecule has 0 unspecified atom stereocenters. The van der Waals surface area contributed by atoms with Crippen molar-refractivity contribution in [3.63, 3.8) is 0 Å². The molecular weight excluding hydrogens is 232 g/mol. The van der Waals surface area contributed by atoms with Gasteiger partial charge in [0, 0.05) is 15.4 Å². The first-order chi connectivity index (χ1) is 3.79. The molecule has 43 valence electrons. The zero-order valence-electron chi connectivity index (χ0n) is 4.20. The fraction of sp³-hybridized carbons (Fsp3) is 0.167. The van der Waals surface area contributed by atoms with E-state index in [1.54, 1.807) is 0 Å². The third-order valence-corrected chi connectivity index (χ3v) is 2.01. The van der Waals surface area contributed by atoms with Gasteiger partial charge in [-0.25, -0.2) is 0 Å². The van der Waals surface area contributed by atoms with E-state index in [1.165, 1.54) is 0 Å². The first kappa shape index (κ1) is 6.56.